The number of morpholine rings is 1. The molecule has 1 aromatic carbocycles. The molecule has 0 bridgehead atoms. The molecule has 0 aromatic heterocycles. The zero-order valence-corrected chi connectivity index (χ0v) is 13.6. The zero-order valence-electron chi connectivity index (χ0n) is 13.6. The Morgan fingerprint density at radius 2 is 1.65 bits per heavy atom. The van der Waals surface area contributed by atoms with E-state index in [1.165, 1.54) is 0 Å². The van der Waals surface area contributed by atoms with Crippen molar-refractivity contribution in [2.24, 2.45) is 0 Å². The number of hydrogen-bond acceptors (Lipinski definition) is 6. The Labute approximate surface area is 136 Å². The first-order chi connectivity index (χ1) is 11.2. The zero-order chi connectivity index (χ0) is 16.7. The second kappa shape index (κ2) is 8.76. The summed E-state index contributed by atoms with van der Waals surface area (Å²) in [5.74, 6) is -1.27. The average Bonchev–Trinajstić information content (AvgIpc) is 2.61. The molecule has 2 rings (SSSR count). The summed E-state index contributed by atoms with van der Waals surface area (Å²) in [5.41, 5.74) is 1.36. The summed E-state index contributed by atoms with van der Waals surface area (Å²) in [5, 5.41) is 0. The molecule has 0 unspecified atom stereocenters. The van der Waals surface area contributed by atoms with Gasteiger partial charge in [-0.05, 0) is 38.1 Å². The van der Waals surface area contributed by atoms with Crippen LogP contribution in [0.3, 0.4) is 0 Å². The van der Waals surface area contributed by atoms with Crippen LogP contribution in [0.2, 0.25) is 0 Å². The molecule has 0 radical (unpaired) electrons. The van der Waals surface area contributed by atoms with Crippen molar-refractivity contribution in [2.75, 3.05) is 44.4 Å². The summed E-state index contributed by atoms with van der Waals surface area (Å²) in [6.07, 6.45) is -1.13. The van der Waals surface area contributed by atoms with Crippen molar-refractivity contribution in [2.45, 2.75) is 20.1 Å². The second-order valence-corrected chi connectivity index (χ2v) is 5.08. The Balaban J connectivity index is 2.05. The lowest BCUT2D eigenvalue weighted by molar-refractivity contribution is -0.162. The van der Waals surface area contributed by atoms with Gasteiger partial charge in [0.05, 0.1) is 13.2 Å². The van der Waals surface area contributed by atoms with Crippen molar-refractivity contribution in [1.82, 2.24) is 0 Å². The van der Waals surface area contributed by atoms with E-state index in [2.05, 4.69) is 4.90 Å². The number of carbonyl (C=O) groups excluding carboxylic acids is 2. The molecule has 0 saturated carbocycles. The van der Waals surface area contributed by atoms with E-state index in [9.17, 15) is 9.59 Å². The predicted molar refractivity (Wildman–Crippen MR) is 85.9 cm³/mol. The van der Waals surface area contributed by atoms with Crippen LogP contribution in [0.4, 0.5) is 5.69 Å². The van der Waals surface area contributed by atoms with E-state index < -0.39 is 17.9 Å². The van der Waals surface area contributed by atoms with Gasteiger partial charge in [0, 0.05) is 37.6 Å². The van der Waals surface area contributed by atoms with Crippen LogP contribution < -0.4 is 4.90 Å². The van der Waals surface area contributed by atoms with E-state index in [0.717, 1.165) is 18.8 Å². The van der Waals surface area contributed by atoms with Crippen LogP contribution in [0.5, 0.6) is 0 Å². The molecule has 6 nitrogen and oxygen atoms in total. The van der Waals surface area contributed by atoms with Gasteiger partial charge in [0.25, 0.3) is 5.78 Å². The maximum atomic E-state index is 12.3. The van der Waals surface area contributed by atoms with Crippen molar-refractivity contribution in [3.8, 4) is 0 Å². The van der Waals surface area contributed by atoms with E-state index >= 15 is 0 Å². The van der Waals surface area contributed by atoms with Gasteiger partial charge in [-0.25, -0.2) is 0 Å². The quantitative estimate of drug-likeness (QED) is 0.412. The van der Waals surface area contributed by atoms with Gasteiger partial charge < -0.3 is 19.1 Å². The topological polar surface area (TPSA) is 65.1 Å². The molecule has 23 heavy (non-hydrogen) atoms. The van der Waals surface area contributed by atoms with E-state index in [-0.39, 0.29) is 0 Å². The minimum atomic E-state index is -1.13. The van der Waals surface area contributed by atoms with Gasteiger partial charge in [0.2, 0.25) is 12.1 Å². The largest absolute Gasteiger partial charge is 0.378 e. The average molecular weight is 321 g/mol. The lowest BCUT2D eigenvalue weighted by atomic mass is 10.1. The Hall–Kier alpha value is -1.76. The van der Waals surface area contributed by atoms with E-state index in [4.69, 9.17) is 14.2 Å². The number of anilines is 1. The van der Waals surface area contributed by atoms with Gasteiger partial charge in [-0.3, -0.25) is 9.59 Å². The third kappa shape index (κ3) is 4.60. The summed E-state index contributed by atoms with van der Waals surface area (Å²) in [4.78, 5) is 26.6. The third-order valence-corrected chi connectivity index (χ3v) is 3.58. The number of Topliss-reactive ketones (excluding diaryl/α,β-unsaturated/α-hetero) is 2. The van der Waals surface area contributed by atoms with Gasteiger partial charge in [-0.1, -0.05) is 0 Å². The third-order valence-electron chi connectivity index (χ3n) is 3.58. The first-order valence-corrected chi connectivity index (χ1v) is 7.91. The molecule has 1 aliphatic rings. The van der Waals surface area contributed by atoms with Crippen LogP contribution >= 0.6 is 0 Å². The van der Waals surface area contributed by atoms with Gasteiger partial charge in [0.1, 0.15) is 0 Å². The molecule has 0 spiro atoms. The maximum absolute atomic E-state index is 12.3. The van der Waals surface area contributed by atoms with Crippen LogP contribution in [-0.2, 0) is 19.0 Å². The Kier molecular flexibility index (Phi) is 6.70. The highest BCUT2D eigenvalue weighted by Crippen LogP contribution is 2.17. The lowest BCUT2D eigenvalue weighted by Gasteiger charge is -2.28. The number of ketones is 2. The van der Waals surface area contributed by atoms with E-state index in [0.29, 0.717) is 32.0 Å². The van der Waals surface area contributed by atoms with Crippen molar-refractivity contribution < 1.29 is 23.8 Å². The van der Waals surface area contributed by atoms with Crippen LogP contribution in [0.1, 0.15) is 24.2 Å². The van der Waals surface area contributed by atoms with Gasteiger partial charge in [-0.2, -0.15) is 0 Å². The van der Waals surface area contributed by atoms with E-state index in [1.54, 1.807) is 26.0 Å². The molecule has 6 heteroatoms. The maximum Gasteiger partial charge on any atom is 0.259 e. The molecule has 1 aromatic rings. The highest BCUT2D eigenvalue weighted by molar-refractivity contribution is 6.44. The molecular formula is C17H23NO5. The van der Waals surface area contributed by atoms with Crippen molar-refractivity contribution in [3.05, 3.63) is 29.8 Å². The summed E-state index contributed by atoms with van der Waals surface area (Å²) in [6.45, 7) is 7.15. The Morgan fingerprint density at radius 3 is 2.17 bits per heavy atom. The molecular weight excluding hydrogens is 298 g/mol. The molecule has 1 heterocycles. The van der Waals surface area contributed by atoms with E-state index in [1.807, 2.05) is 12.1 Å². The van der Waals surface area contributed by atoms with Crippen molar-refractivity contribution in [1.29, 1.82) is 0 Å². The van der Waals surface area contributed by atoms with Crippen molar-refractivity contribution >= 4 is 17.3 Å². The number of ether oxygens (including phenoxy) is 3. The standard InChI is InChI=1S/C17H23NO5/c1-3-22-17(23-4-2)16(20)15(19)13-5-7-14(8-6-13)18-9-11-21-12-10-18/h5-8,17H,3-4,9-12H2,1-2H3. The number of hydrogen-bond donors (Lipinski definition) is 0. The molecule has 1 saturated heterocycles. The van der Waals surface area contributed by atoms with Crippen LogP contribution in [0.25, 0.3) is 0 Å². The lowest BCUT2D eigenvalue weighted by Crippen LogP contribution is -2.36. The Bertz CT molecular complexity index is 516. The molecule has 0 aliphatic carbocycles. The second-order valence-electron chi connectivity index (χ2n) is 5.08. The number of rotatable bonds is 8. The number of nitrogens with zero attached hydrogens (tertiary/aromatic N) is 1. The van der Waals surface area contributed by atoms with Gasteiger partial charge in [-0.15, -0.1) is 0 Å². The summed E-state index contributed by atoms with van der Waals surface area (Å²) >= 11 is 0. The fourth-order valence-corrected chi connectivity index (χ4v) is 2.40. The first-order valence-electron chi connectivity index (χ1n) is 7.91. The minimum absolute atomic E-state index is 0.305. The fourth-order valence-electron chi connectivity index (χ4n) is 2.40. The van der Waals surface area contributed by atoms with Gasteiger partial charge in [0.15, 0.2) is 0 Å². The highest BCUT2D eigenvalue weighted by Gasteiger charge is 2.27. The predicted octanol–water partition coefficient (Wildman–Crippen LogP) is 1.67. The summed E-state index contributed by atoms with van der Waals surface area (Å²) < 4.78 is 15.7. The van der Waals surface area contributed by atoms with Crippen molar-refractivity contribution in [3.63, 3.8) is 0 Å². The monoisotopic (exact) mass is 321 g/mol. The molecule has 0 atom stereocenters. The molecule has 0 N–H and O–H groups in total. The molecule has 1 aliphatic heterocycles. The Morgan fingerprint density at radius 1 is 1.09 bits per heavy atom. The SMILES string of the molecule is CCOC(OCC)C(=O)C(=O)c1ccc(N2CCOCC2)cc1. The first kappa shape index (κ1) is 17.6. The number of benzene rings is 1. The molecule has 126 valence electrons. The van der Waals surface area contributed by atoms with Crippen LogP contribution in [0.15, 0.2) is 24.3 Å². The molecule has 1 fully saturated rings. The highest BCUT2D eigenvalue weighted by atomic mass is 16.7. The molecule has 0 amide bonds. The fraction of sp³-hybridized carbons (Fsp3) is 0.529. The summed E-state index contributed by atoms with van der Waals surface area (Å²) in [6, 6.07) is 7.03. The van der Waals surface area contributed by atoms with Crippen LogP contribution in [0, 0.1) is 0 Å². The van der Waals surface area contributed by atoms with Gasteiger partial charge >= 0.3 is 0 Å². The smallest absolute Gasteiger partial charge is 0.259 e. The van der Waals surface area contributed by atoms with Crippen LogP contribution in [-0.4, -0.2) is 57.4 Å². The minimum Gasteiger partial charge on any atom is -0.378 e. The summed E-state index contributed by atoms with van der Waals surface area (Å²) in [7, 11) is 0. The normalized spacial score (nSPS) is 15.0. The number of carbonyl (C=O) groups is 2.